The first kappa shape index (κ1) is 24.4. The zero-order valence-electron chi connectivity index (χ0n) is 19.7. The number of aryl methyl sites for hydroxylation is 3. The number of nitrogens with zero attached hydrogens (tertiary/aromatic N) is 3. The molecule has 0 saturated heterocycles. The summed E-state index contributed by atoms with van der Waals surface area (Å²) in [5, 5.41) is 16.4. The number of carbonyl (C=O) groups excluding carboxylic acids is 1. The Hall–Kier alpha value is -3.75. The highest BCUT2D eigenvalue weighted by Gasteiger charge is 2.65. The highest BCUT2D eigenvalue weighted by atomic mass is 19.4. The van der Waals surface area contributed by atoms with Crippen molar-refractivity contribution < 1.29 is 18.0 Å². The van der Waals surface area contributed by atoms with E-state index in [4.69, 9.17) is 0 Å². The number of hydrogen-bond donors (Lipinski definition) is 2. The van der Waals surface area contributed by atoms with Gasteiger partial charge < -0.3 is 5.32 Å². The van der Waals surface area contributed by atoms with Crippen molar-refractivity contribution in [3.8, 4) is 0 Å². The maximum atomic E-state index is 14.4. The minimum atomic E-state index is -4.94. The Kier molecular flexibility index (Phi) is 6.60. The van der Waals surface area contributed by atoms with Crippen LogP contribution < -0.4 is 5.32 Å². The second kappa shape index (κ2) is 9.48. The summed E-state index contributed by atoms with van der Waals surface area (Å²) in [5.41, 5.74) is 2.94. The van der Waals surface area contributed by atoms with Crippen LogP contribution in [0.2, 0.25) is 0 Å². The second-order valence-corrected chi connectivity index (χ2v) is 8.83. The number of halogens is 3. The van der Waals surface area contributed by atoms with Gasteiger partial charge in [-0.3, -0.25) is 9.89 Å². The van der Waals surface area contributed by atoms with Crippen molar-refractivity contribution in [2.24, 2.45) is 10.2 Å². The van der Waals surface area contributed by atoms with Crippen LogP contribution in [0, 0.1) is 20.8 Å². The second-order valence-electron chi connectivity index (χ2n) is 8.83. The van der Waals surface area contributed by atoms with Crippen molar-refractivity contribution in [1.82, 2.24) is 15.5 Å². The first-order valence-electron chi connectivity index (χ1n) is 11.2. The summed E-state index contributed by atoms with van der Waals surface area (Å²) < 4.78 is 43.1. The molecule has 2 N–H and O–H groups in total. The topological polar surface area (TPSA) is 82.5 Å². The SMILES string of the molecule is Cc1cn[nH]c1Cc1ccc(CC2=CN=NC2(C(=O)NCc2c(C)cccc2C)C(F)(F)F)cc1. The van der Waals surface area contributed by atoms with E-state index in [1.807, 2.05) is 51.1 Å². The molecule has 0 fully saturated rings. The fourth-order valence-corrected chi connectivity index (χ4v) is 4.25. The van der Waals surface area contributed by atoms with Crippen LogP contribution in [-0.4, -0.2) is 27.8 Å². The molecule has 6 nitrogen and oxygen atoms in total. The Morgan fingerprint density at radius 1 is 0.971 bits per heavy atom. The summed E-state index contributed by atoms with van der Waals surface area (Å²) in [6, 6.07) is 12.8. The standard InChI is InChI=1S/C26H26F3N5O/c1-16-5-4-6-17(2)22(16)15-30-24(35)25(26(27,28)29)21(14-32-34-25)11-19-7-9-20(10-8-19)12-23-18(3)13-31-33-23/h4-10,13-14H,11-12,15H2,1-3H3,(H,30,35)(H,31,33). The van der Waals surface area contributed by atoms with E-state index in [0.29, 0.717) is 12.0 Å². The molecule has 1 aliphatic rings. The molecule has 0 bridgehead atoms. The molecule has 0 radical (unpaired) electrons. The Morgan fingerprint density at radius 3 is 2.17 bits per heavy atom. The van der Waals surface area contributed by atoms with Crippen molar-refractivity contribution in [2.75, 3.05) is 0 Å². The zero-order chi connectivity index (χ0) is 25.2. The van der Waals surface area contributed by atoms with Gasteiger partial charge in [0.2, 0.25) is 0 Å². The first-order chi connectivity index (χ1) is 16.6. The fourth-order valence-electron chi connectivity index (χ4n) is 4.25. The first-order valence-corrected chi connectivity index (χ1v) is 11.2. The lowest BCUT2D eigenvalue weighted by Gasteiger charge is -2.29. The number of aromatic amines is 1. The van der Waals surface area contributed by atoms with Crippen molar-refractivity contribution in [3.63, 3.8) is 0 Å². The van der Waals surface area contributed by atoms with E-state index in [1.54, 1.807) is 18.3 Å². The van der Waals surface area contributed by atoms with Crippen LogP contribution in [0.5, 0.6) is 0 Å². The number of amides is 1. The molecule has 0 spiro atoms. The van der Waals surface area contributed by atoms with Crippen LogP contribution in [-0.2, 0) is 24.2 Å². The smallest absolute Gasteiger partial charge is 0.349 e. The monoisotopic (exact) mass is 481 g/mol. The quantitative estimate of drug-likeness (QED) is 0.471. The summed E-state index contributed by atoms with van der Waals surface area (Å²) in [6.07, 6.45) is -1.62. The number of aromatic nitrogens is 2. The van der Waals surface area contributed by atoms with Gasteiger partial charge in [0.1, 0.15) is 0 Å². The summed E-state index contributed by atoms with van der Waals surface area (Å²) in [5.74, 6) is -1.23. The van der Waals surface area contributed by atoms with E-state index in [0.717, 1.165) is 39.7 Å². The molecular formula is C26H26F3N5O. The van der Waals surface area contributed by atoms with Gasteiger partial charge >= 0.3 is 6.18 Å². The Bertz CT molecular complexity index is 1270. The molecular weight excluding hydrogens is 455 g/mol. The average Bonchev–Trinajstić information content (AvgIpc) is 3.41. The minimum absolute atomic E-state index is 0.0281. The third-order valence-electron chi connectivity index (χ3n) is 6.43. The molecule has 3 aromatic rings. The van der Waals surface area contributed by atoms with Gasteiger partial charge in [-0.25, -0.2) is 0 Å². The molecule has 1 amide bonds. The molecule has 2 aromatic carbocycles. The molecule has 1 atom stereocenters. The van der Waals surface area contributed by atoms with Crippen LogP contribution in [0.25, 0.3) is 0 Å². The maximum Gasteiger partial charge on any atom is 0.428 e. The predicted octanol–water partition coefficient (Wildman–Crippen LogP) is 5.44. The Labute approximate surface area is 201 Å². The normalized spacial score (nSPS) is 17.5. The number of azo groups is 1. The van der Waals surface area contributed by atoms with E-state index < -0.39 is 17.6 Å². The molecule has 182 valence electrons. The number of hydrogen-bond acceptors (Lipinski definition) is 4. The van der Waals surface area contributed by atoms with Gasteiger partial charge in [0.05, 0.1) is 12.4 Å². The van der Waals surface area contributed by atoms with Crippen molar-refractivity contribution >= 4 is 5.91 Å². The van der Waals surface area contributed by atoms with Gasteiger partial charge in [0.15, 0.2) is 0 Å². The van der Waals surface area contributed by atoms with Crippen LogP contribution in [0.4, 0.5) is 13.2 Å². The fraction of sp³-hybridized carbons (Fsp3) is 0.308. The van der Waals surface area contributed by atoms with Gasteiger partial charge in [-0.1, -0.05) is 42.5 Å². The summed E-state index contributed by atoms with van der Waals surface area (Å²) in [4.78, 5) is 13.0. The number of carbonyl (C=O) groups is 1. The van der Waals surface area contributed by atoms with Crippen molar-refractivity contribution in [1.29, 1.82) is 0 Å². The number of H-pyrrole nitrogens is 1. The van der Waals surface area contributed by atoms with Crippen LogP contribution in [0.1, 0.15) is 39.1 Å². The largest absolute Gasteiger partial charge is 0.428 e. The highest BCUT2D eigenvalue weighted by Crippen LogP contribution is 2.44. The van der Waals surface area contributed by atoms with Crippen molar-refractivity contribution in [3.05, 3.63) is 99.5 Å². The molecule has 35 heavy (non-hydrogen) atoms. The number of alkyl halides is 3. The third kappa shape index (κ3) is 4.76. The number of benzene rings is 2. The Morgan fingerprint density at radius 2 is 1.60 bits per heavy atom. The van der Waals surface area contributed by atoms with E-state index >= 15 is 0 Å². The lowest BCUT2D eigenvalue weighted by molar-refractivity contribution is -0.182. The molecule has 0 saturated carbocycles. The van der Waals surface area contributed by atoms with Gasteiger partial charge in [-0.05, 0) is 60.6 Å². The molecule has 0 aliphatic carbocycles. The van der Waals surface area contributed by atoms with E-state index in [-0.39, 0.29) is 18.5 Å². The maximum absolute atomic E-state index is 14.4. The minimum Gasteiger partial charge on any atom is -0.349 e. The van der Waals surface area contributed by atoms with Crippen LogP contribution in [0.3, 0.4) is 0 Å². The van der Waals surface area contributed by atoms with Crippen LogP contribution >= 0.6 is 0 Å². The van der Waals surface area contributed by atoms with Gasteiger partial charge in [0.25, 0.3) is 11.4 Å². The average molecular weight is 482 g/mol. The molecule has 1 unspecified atom stereocenters. The van der Waals surface area contributed by atoms with Gasteiger partial charge in [0, 0.05) is 24.2 Å². The van der Waals surface area contributed by atoms with E-state index in [9.17, 15) is 18.0 Å². The summed E-state index contributed by atoms with van der Waals surface area (Å²) >= 11 is 0. The van der Waals surface area contributed by atoms with E-state index in [1.165, 1.54) is 0 Å². The molecule has 2 heterocycles. The number of rotatable bonds is 7. The van der Waals surface area contributed by atoms with Gasteiger partial charge in [-0.15, -0.1) is 0 Å². The molecule has 9 heteroatoms. The summed E-state index contributed by atoms with van der Waals surface area (Å²) in [7, 11) is 0. The summed E-state index contributed by atoms with van der Waals surface area (Å²) in [6.45, 7) is 5.63. The molecule has 1 aliphatic heterocycles. The highest BCUT2D eigenvalue weighted by molar-refractivity contribution is 5.92. The Balaban J connectivity index is 1.53. The predicted molar refractivity (Wildman–Crippen MR) is 126 cm³/mol. The number of nitrogens with one attached hydrogen (secondary N) is 2. The van der Waals surface area contributed by atoms with Crippen molar-refractivity contribution in [2.45, 2.75) is 51.9 Å². The molecule has 1 aromatic heterocycles. The lowest BCUT2D eigenvalue weighted by Crippen LogP contribution is -2.56. The van der Waals surface area contributed by atoms with E-state index in [2.05, 4.69) is 25.7 Å². The zero-order valence-corrected chi connectivity index (χ0v) is 19.7. The third-order valence-corrected chi connectivity index (χ3v) is 6.43. The van der Waals surface area contributed by atoms with Gasteiger partial charge in [-0.2, -0.15) is 28.5 Å². The lowest BCUT2D eigenvalue weighted by atomic mass is 9.85. The van der Waals surface area contributed by atoms with Crippen LogP contribution in [0.15, 0.2) is 70.7 Å². The molecule has 4 rings (SSSR count).